The topological polar surface area (TPSA) is 44.3 Å². The van der Waals surface area contributed by atoms with Crippen LogP contribution in [0.5, 0.6) is 5.75 Å². The van der Waals surface area contributed by atoms with Crippen molar-refractivity contribution in [3.63, 3.8) is 0 Å². The fraction of sp³-hybridized carbons (Fsp3) is 0.727. The third-order valence-electron chi connectivity index (χ3n) is 3.29. The Labute approximate surface area is 187 Å². The second-order valence-corrected chi connectivity index (χ2v) is 32.0. The molecule has 172 valence electrons. The Morgan fingerprint density at radius 1 is 0.655 bits per heavy atom. The Morgan fingerprint density at radius 2 is 1.00 bits per heavy atom. The van der Waals surface area contributed by atoms with E-state index in [1.807, 2.05) is 18.2 Å². The average molecular weight is 473 g/mol. The number of phenols is 1. The second kappa shape index (κ2) is 13.3. The summed E-state index contributed by atoms with van der Waals surface area (Å²) in [4.78, 5) is 0. The van der Waals surface area contributed by atoms with E-state index in [2.05, 4.69) is 94.8 Å². The zero-order chi connectivity index (χ0) is 23.5. The number of benzene rings is 1. The van der Waals surface area contributed by atoms with Crippen LogP contribution < -0.4 is 9.30 Å². The van der Waals surface area contributed by atoms with E-state index in [9.17, 15) is 5.11 Å². The molecule has 7 heteroatoms. The van der Waals surface area contributed by atoms with Gasteiger partial charge in [0.05, 0.1) is 0 Å². The first kappa shape index (κ1) is 31.0. The number of aryl methyl sites for hydroxylation is 1. The van der Waals surface area contributed by atoms with Crippen LogP contribution in [-0.2, 0) is 6.42 Å². The minimum absolute atomic E-state index is 0.431. The van der Waals surface area contributed by atoms with Crippen LogP contribution in [0.1, 0.15) is 25.3 Å². The van der Waals surface area contributed by atoms with E-state index in [0.717, 1.165) is 18.4 Å². The number of hydrogen-bond donors (Lipinski definition) is 3. The normalized spacial score (nSPS) is 12.4. The van der Waals surface area contributed by atoms with Gasteiger partial charge in [-0.2, -0.15) is 0 Å². The Kier molecular flexibility index (Phi) is 14.2. The van der Waals surface area contributed by atoms with E-state index in [1.54, 1.807) is 6.07 Å². The van der Waals surface area contributed by atoms with Gasteiger partial charge in [0.25, 0.3) is 0 Å². The van der Waals surface area contributed by atoms with Gasteiger partial charge in [-0.1, -0.05) is 110 Å². The van der Waals surface area contributed by atoms with Crippen molar-refractivity contribution in [1.29, 1.82) is 0 Å². The molecule has 0 saturated carbocycles. The van der Waals surface area contributed by atoms with Gasteiger partial charge in [-0.25, -0.2) is 0 Å². The van der Waals surface area contributed by atoms with E-state index < -0.39 is 32.9 Å². The van der Waals surface area contributed by atoms with Gasteiger partial charge in [0.1, 0.15) is 38.7 Å². The standard InChI is InChI=1S/C10H14O.2C6H19NSi2/c1-2-3-6-9-7-4-5-8-10(9)11;2*1-8(2,3)7-9(4,5)6/h4-5,7-8,11H,2-3,6H2,1H3;2*7H,1-6H3. The number of para-hydroxylation sites is 1. The van der Waals surface area contributed by atoms with Gasteiger partial charge >= 0.3 is 0 Å². The van der Waals surface area contributed by atoms with Crippen LogP contribution in [0.3, 0.4) is 0 Å². The van der Waals surface area contributed by atoms with Gasteiger partial charge in [-0.3, -0.25) is 0 Å². The first-order valence-electron chi connectivity index (χ1n) is 11.1. The Bertz CT molecular complexity index is 504. The van der Waals surface area contributed by atoms with Crippen molar-refractivity contribution in [1.82, 2.24) is 9.30 Å². The van der Waals surface area contributed by atoms with Gasteiger partial charge in [0.15, 0.2) is 0 Å². The fourth-order valence-electron chi connectivity index (χ4n) is 3.34. The first-order chi connectivity index (χ1) is 12.8. The van der Waals surface area contributed by atoms with E-state index in [4.69, 9.17) is 0 Å². The predicted molar refractivity (Wildman–Crippen MR) is 146 cm³/mol. The number of nitrogens with one attached hydrogen (secondary N) is 2. The maximum absolute atomic E-state index is 9.34. The highest BCUT2D eigenvalue weighted by molar-refractivity contribution is 6.90. The average Bonchev–Trinajstić information content (AvgIpc) is 2.40. The van der Waals surface area contributed by atoms with Crippen molar-refractivity contribution in [2.24, 2.45) is 0 Å². The van der Waals surface area contributed by atoms with Gasteiger partial charge < -0.3 is 14.4 Å². The van der Waals surface area contributed by atoms with Gasteiger partial charge in [0.2, 0.25) is 0 Å². The molecule has 1 rings (SSSR count). The van der Waals surface area contributed by atoms with Crippen molar-refractivity contribution in [2.75, 3.05) is 0 Å². The minimum Gasteiger partial charge on any atom is -0.508 e. The van der Waals surface area contributed by atoms with Gasteiger partial charge in [0, 0.05) is 0 Å². The zero-order valence-corrected chi connectivity index (χ0v) is 25.9. The van der Waals surface area contributed by atoms with E-state index in [0.29, 0.717) is 5.75 Å². The molecule has 0 radical (unpaired) electrons. The number of rotatable bonds is 7. The van der Waals surface area contributed by atoms with Crippen molar-refractivity contribution in [3.8, 4) is 5.75 Å². The molecule has 0 saturated heterocycles. The van der Waals surface area contributed by atoms with Crippen molar-refractivity contribution < 1.29 is 5.11 Å². The molecule has 0 heterocycles. The van der Waals surface area contributed by atoms with Gasteiger partial charge in [-0.05, 0) is 24.5 Å². The molecule has 0 aliphatic carbocycles. The van der Waals surface area contributed by atoms with Crippen LogP contribution in [-0.4, -0.2) is 38.0 Å². The molecule has 0 aromatic heterocycles. The van der Waals surface area contributed by atoms with E-state index in [-0.39, 0.29) is 0 Å². The zero-order valence-electron chi connectivity index (χ0n) is 21.9. The Balaban J connectivity index is 0. The van der Waals surface area contributed by atoms with Crippen molar-refractivity contribution in [3.05, 3.63) is 29.8 Å². The molecule has 0 spiro atoms. The molecule has 1 aromatic rings. The molecule has 0 aliphatic rings. The highest BCUT2D eigenvalue weighted by Gasteiger charge is 2.22. The SMILES string of the molecule is CCCCc1ccccc1O.C[Si](C)(C)N[Si](C)(C)C.C[Si](C)(C)N[Si](C)(C)C. The van der Waals surface area contributed by atoms with Crippen molar-refractivity contribution in [2.45, 2.75) is 105 Å². The monoisotopic (exact) mass is 472 g/mol. The summed E-state index contributed by atoms with van der Waals surface area (Å²) >= 11 is 0. The molecule has 0 bridgehead atoms. The van der Waals surface area contributed by atoms with Crippen LogP contribution in [0, 0.1) is 0 Å². The maximum atomic E-state index is 9.34. The highest BCUT2D eigenvalue weighted by Crippen LogP contribution is 2.17. The Hall–Kier alpha value is -0.192. The lowest BCUT2D eigenvalue weighted by atomic mass is 10.1. The number of hydrogen-bond acceptors (Lipinski definition) is 3. The molecule has 29 heavy (non-hydrogen) atoms. The third kappa shape index (κ3) is 25.8. The molecule has 3 nitrogen and oxygen atoms in total. The largest absolute Gasteiger partial charge is 0.508 e. The Morgan fingerprint density at radius 3 is 1.24 bits per heavy atom. The summed E-state index contributed by atoms with van der Waals surface area (Å²) in [5.41, 5.74) is 1.06. The summed E-state index contributed by atoms with van der Waals surface area (Å²) in [6.07, 6.45) is 3.31. The molecular weight excluding hydrogens is 421 g/mol. The molecule has 0 unspecified atom stereocenters. The van der Waals surface area contributed by atoms with Crippen LogP contribution >= 0.6 is 0 Å². The number of aromatic hydroxyl groups is 1. The molecule has 0 fully saturated rings. The van der Waals surface area contributed by atoms with Crippen LogP contribution in [0.2, 0.25) is 78.6 Å². The quantitative estimate of drug-likeness (QED) is 0.367. The molecule has 0 aliphatic heterocycles. The summed E-state index contributed by atoms with van der Waals surface area (Å²) in [7, 11) is -3.92. The molecule has 1 aromatic carbocycles. The third-order valence-corrected chi connectivity index (χ3v) is 15.3. The van der Waals surface area contributed by atoms with E-state index >= 15 is 0 Å². The predicted octanol–water partition coefficient (Wildman–Crippen LogP) is 7.23. The lowest BCUT2D eigenvalue weighted by Gasteiger charge is -2.28. The summed E-state index contributed by atoms with van der Waals surface area (Å²) in [6, 6.07) is 7.53. The molecule has 0 amide bonds. The highest BCUT2D eigenvalue weighted by atomic mass is 28.4. The summed E-state index contributed by atoms with van der Waals surface area (Å²) in [5, 5.41) is 9.34. The summed E-state index contributed by atoms with van der Waals surface area (Å²) in [6.45, 7) is 30.4. The molecule has 3 N–H and O–H groups in total. The number of phenolic OH excluding ortho intramolecular Hbond substituents is 1. The molecule has 0 atom stereocenters. The fourth-order valence-corrected chi connectivity index (χ4v) is 21.3. The molecular formula is C22H52N2OSi4. The van der Waals surface area contributed by atoms with Gasteiger partial charge in [-0.15, -0.1) is 0 Å². The maximum Gasteiger partial charge on any atom is 0.118 e. The van der Waals surface area contributed by atoms with Crippen molar-refractivity contribution >= 4 is 32.9 Å². The van der Waals surface area contributed by atoms with Crippen LogP contribution in [0.25, 0.3) is 0 Å². The lowest BCUT2D eigenvalue weighted by Crippen LogP contribution is -2.55. The summed E-state index contributed by atoms with van der Waals surface area (Å²) < 4.78 is 7.47. The first-order valence-corrected chi connectivity index (χ1v) is 25.1. The van der Waals surface area contributed by atoms with E-state index in [1.165, 1.54) is 6.42 Å². The minimum atomic E-state index is -0.981. The second-order valence-electron chi connectivity index (χ2n) is 12.0. The lowest BCUT2D eigenvalue weighted by molar-refractivity contribution is 0.467. The van der Waals surface area contributed by atoms with Crippen LogP contribution in [0.15, 0.2) is 24.3 Å². The van der Waals surface area contributed by atoms with Crippen LogP contribution in [0.4, 0.5) is 0 Å². The number of unbranched alkanes of at least 4 members (excludes halogenated alkanes) is 1. The summed E-state index contributed by atoms with van der Waals surface area (Å²) in [5.74, 6) is 0.431. The smallest absolute Gasteiger partial charge is 0.118 e.